The van der Waals surface area contributed by atoms with E-state index in [9.17, 15) is 9.59 Å². The van der Waals surface area contributed by atoms with Gasteiger partial charge in [0.05, 0.1) is 13.2 Å². The summed E-state index contributed by atoms with van der Waals surface area (Å²) in [4.78, 5) is 23.3. The minimum Gasteiger partial charge on any atom is -0.465 e. The molecule has 1 atom stereocenters. The third-order valence-electron chi connectivity index (χ3n) is 2.39. The highest BCUT2D eigenvalue weighted by Crippen LogP contribution is 2.20. The number of hydrogen-bond donors (Lipinski definition) is 0. The molecule has 0 radical (unpaired) electrons. The molecule has 0 spiro atoms. The van der Waals surface area contributed by atoms with Crippen LogP contribution in [0, 0.1) is 11.8 Å². The van der Waals surface area contributed by atoms with Gasteiger partial charge in [0.25, 0.3) is 0 Å². The molecule has 0 saturated heterocycles. The van der Waals surface area contributed by atoms with Gasteiger partial charge < -0.3 is 9.47 Å². The lowest BCUT2D eigenvalue weighted by atomic mass is 9.90. The Balaban J connectivity index is 4.60. The molecule has 0 aromatic heterocycles. The molecule has 16 heavy (non-hydrogen) atoms. The normalized spacial score (nSPS) is 12.3. The molecule has 0 aliphatic heterocycles. The summed E-state index contributed by atoms with van der Waals surface area (Å²) < 4.78 is 9.80. The van der Waals surface area contributed by atoms with Crippen LogP contribution in [0.2, 0.25) is 0 Å². The van der Waals surface area contributed by atoms with Crippen LogP contribution < -0.4 is 0 Å². The van der Waals surface area contributed by atoms with Gasteiger partial charge in [0.15, 0.2) is 5.92 Å². The van der Waals surface area contributed by atoms with Gasteiger partial charge >= 0.3 is 11.9 Å². The standard InChI is InChI=1S/C12H22O4/c1-5-8-9(4)10(11(13)15-6-2)12(14)16-7-3/h9-10H,5-8H2,1-4H3. The van der Waals surface area contributed by atoms with E-state index in [2.05, 4.69) is 0 Å². The SMILES string of the molecule is CCCC(C)C(C(=O)OCC)C(=O)OCC. The van der Waals surface area contributed by atoms with Gasteiger partial charge in [0.1, 0.15) is 0 Å². The van der Waals surface area contributed by atoms with E-state index >= 15 is 0 Å². The van der Waals surface area contributed by atoms with E-state index in [4.69, 9.17) is 9.47 Å². The van der Waals surface area contributed by atoms with Crippen LogP contribution in [0.15, 0.2) is 0 Å². The van der Waals surface area contributed by atoms with E-state index < -0.39 is 17.9 Å². The quantitative estimate of drug-likeness (QED) is 0.497. The molecule has 1 unspecified atom stereocenters. The molecular formula is C12H22O4. The fourth-order valence-corrected chi connectivity index (χ4v) is 1.65. The average molecular weight is 230 g/mol. The first-order valence-corrected chi connectivity index (χ1v) is 5.91. The molecule has 0 aliphatic rings. The van der Waals surface area contributed by atoms with Gasteiger partial charge in [0, 0.05) is 0 Å². The largest absolute Gasteiger partial charge is 0.465 e. The van der Waals surface area contributed by atoms with Crippen molar-refractivity contribution >= 4 is 11.9 Å². The maximum absolute atomic E-state index is 11.7. The van der Waals surface area contributed by atoms with Crippen LogP contribution in [0.25, 0.3) is 0 Å². The molecule has 0 fully saturated rings. The summed E-state index contributed by atoms with van der Waals surface area (Å²) in [7, 11) is 0. The number of rotatable bonds is 7. The van der Waals surface area contributed by atoms with Crippen LogP contribution in [-0.4, -0.2) is 25.2 Å². The van der Waals surface area contributed by atoms with Crippen LogP contribution in [0.4, 0.5) is 0 Å². The van der Waals surface area contributed by atoms with Gasteiger partial charge in [-0.1, -0.05) is 20.3 Å². The predicted molar refractivity (Wildman–Crippen MR) is 60.8 cm³/mol. The maximum Gasteiger partial charge on any atom is 0.320 e. The average Bonchev–Trinajstić information content (AvgIpc) is 2.19. The molecular weight excluding hydrogens is 208 g/mol. The van der Waals surface area contributed by atoms with Crippen molar-refractivity contribution in [1.82, 2.24) is 0 Å². The smallest absolute Gasteiger partial charge is 0.320 e. The Morgan fingerprint density at radius 1 is 1.00 bits per heavy atom. The van der Waals surface area contributed by atoms with E-state index in [1.165, 1.54) is 0 Å². The van der Waals surface area contributed by atoms with Crippen molar-refractivity contribution in [2.45, 2.75) is 40.5 Å². The van der Waals surface area contributed by atoms with Crippen molar-refractivity contribution in [2.75, 3.05) is 13.2 Å². The van der Waals surface area contributed by atoms with Crippen molar-refractivity contribution in [3.63, 3.8) is 0 Å². The topological polar surface area (TPSA) is 52.6 Å². The molecule has 94 valence electrons. The van der Waals surface area contributed by atoms with Crippen LogP contribution in [0.5, 0.6) is 0 Å². The van der Waals surface area contributed by atoms with Gasteiger partial charge in [-0.15, -0.1) is 0 Å². The lowest BCUT2D eigenvalue weighted by Gasteiger charge is -2.20. The van der Waals surface area contributed by atoms with Crippen molar-refractivity contribution in [3.8, 4) is 0 Å². The first kappa shape index (κ1) is 14.9. The molecule has 0 N–H and O–H groups in total. The summed E-state index contributed by atoms with van der Waals surface area (Å²) >= 11 is 0. The van der Waals surface area contributed by atoms with Gasteiger partial charge in [0.2, 0.25) is 0 Å². The molecule has 0 heterocycles. The maximum atomic E-state index is 11.7. The zero-order valence-electron chi connectivity index (χ0n) is 10.6. The molecule has 0 rings (SSSR count). The number of hydrogen-bond acceptors (Lipinski definition) is 4. The van der Waals surface area contributed by atoms with Crippen molar-refractivity contribution in [2.24, 2.45) is 11.8 Å². The third kappa shape index (κ3) is 4.64. The molecule has 0 aromatic carbocycles. The number of ether oxygens (including phenoxy) is 2. The van der Waals surface area contributed by atoms with E-state index in [1.54, 1.807) is 13.8 Å². The lowest BCUT2D eigenvalue weighted by molar-refractivity contribution is -0.164. The summed E-state index contributed by atoms with van der Waals surface area (Å²) in [5.41, 5.74) is 0. The Hall–Kier alpha value is -1.06. The van der Waals surface area contributed by atoms with Crippen LogP contribution in [0.3, 0.4) is 0 Å². The Labute approximate surface area is 97.3 Å². The Morgan fingerprint density at radius 2 is 1.44 bits per heavy atom. The van der Waals surface area contributed by atoms with Crippen molar-refractivity contribution < 1.29 is 19.1 Å². The first-order chi connectivity index (χ1) is 7.58. The van der Waals surface area contributed by atoms with Crippen LogP contribution in [0.1, 0.15) is 40.5 Å². The lowest BCUT2D eigenvalue weighted by Crippen LogP contribution is -2.33. The first-order valence-electron chi connectivity index (χ1n) is 5.91. The Kier molecular flexibility index (Phi) is 7.60. The van der Waals surface area contributed by atoms with Crippen molar-refractivity contribution in [3.05, 3.63) is 0 Å². The van der Waals surface area contributed by atoms with E-state index in [0.29, 0.717) is 0 Å². The number of carbonyl (C=O) groups is 2. The summed E-state index contributed by atoms with van der Waals surface area (Å²) in [6.07, 6.45) is 1.73. The van der Waals surface area contributed by atoms with Crippen molar-refractivity contribution in [1.29, 1.82) is 0 Å². The molecule has 0 aromatic rings. The molecule has 0 amide bonds. The molecule has 0 saturated carbocycles. The third-order valence-corrected chi connectivity index (χ3v) is 2.39. The van der Waals surface area contributed by atoms with Gasteiger partial charge in [-0.25, -0.2) is 0 Å². The second kappa shape index (κ2) is 8.13. The zero-order chi connectivity index (χ0) is 12.6. The Bertz CT molecular complexity index is 207. The van der Waals surface area contributed by atoms with Gasteiger partial charge in [-0.3, -0.25) is 9.59 Å². The summed E-state index contributed by atoms with van der Waals surface area (Å²) in [6.45, 7) is 7.92. The minimum absolute atomic E-state index is 0.0388. The fourth-order valence-electron chi connectivity index (χ4n) is 1.65. The monoisotopic (exact) mass is 230 g/mol. The van der Waals surface area contributed by atoms with Gasteiger partial charge in [-0.2, -0.15) is 0 Å². The zero-order valence-corrected chi connectivity index (χ0v) is 10.6. The van der Waals surface area contributed by atoms with Crippen LogP contribution >= 0.6 is 0 Å². The molecule has 0 bridgehead atoms. The number of carbonyl (C=O) groups excluding carboxylic acids is 2. The predicted octanol–water partition coefficient (Wildman–Crippen LogP) is 2.17. The van der Waals surface area contributed by atoms with E-state index in [1.807, 2.05) is 13.8 Å². The molecule has 4 heteroatoms. The Morgan fingerprint density at radius 3 is 1.75 bits per heavy atom. The highest BCUT2D eigenvalue weighted by molar-refractivity contribution is 5.95. The van der Waals surface area contributed by atoms with Gasteiger partial charge in [-0.05, 0) is 26.2 Å². The fraction of sp³-hybridized carbons (Fsp3) is 0.833. The van der Waals surface area contributed by atoms with Crippen LogP contribution in [-0.2, 0) is 19.1 Å². The second-order valence-corrected chi connectivity index (χ2v) is 3.75. The van der Waals surface area contributed by atoms with E-state index in [-0.39, 0.29) is 19.1 Å². The summed E-state index contributed by atoms with van der Waals surface area (Å²) in [5.74, 6) is -1.76. The second-order valence-electron chi connectivity index (χ2n) is 3.75. The highest BCUT2D eigenvalue weighted by Gasteiger charge is 2.34. The van der Waals surface area contributed by atoms with E-state index in [0.717, 1.165) is 12.8 Å². The number of esters is 2. The highest BCUT2D eigenvalue weighted by atomic mass is 16.6. The summed E-state index contributed by atoms with van der Waals surface area (Å²) in [6, 6.07) is 0. The molecule has 0 aliphatic carbocycles. The molecule has 4 nitrogen and oxygen atoms in total. The minimum atomic E-state index is -0.778. The summed E-state index contributed by atoms with van der Waals surface area (Å²) in [5, 5.41) is 0.